The van der Waals surface area contributed by atoms with Crippen molar-refractivity contribution in [1.29, 1.82) is 0 Å². The van der Waals surface area contributed by atoms with Crippen LogP contribution in [0.25, 0.3) is 0 Å². The molecule has 28 heavy (non-hydrogen) atoms. The smallest absolute Gasteiger partial charge is 0.241 e. The third-order valence-electron chi connectivity index (χ3n) is 5.54. The van der Waals surface area contributed by atoms with Crippen LogP contribution in [0.3, 0.4) is 0 Å². The number of fused-ring (bicyclic) bond motifs is 1. The molecule has 1 aromatic heterocycles. The zero-order valence-corrected chi connectivity index (χ0v) is 16.9. The van der Waals surface area contributed by atoms with Crippen molar-refractivity contribution in [3.05, 3.63) is 52.8 Å². The predicted molar refractivity (Wildman–Crippen MR) is 105 cm³/mol. The van der Waals surface area contributed by atoms with E-state index in [1.165, 1.54) is 0 Å². The third-order valence-corrected chi connectivity index (χ3v) is 6.47. The molecule has 7 nitrogen and oxygen atoms in total. The number of oxazole rings is 1. The number of ether oxygens (including phenoxy) is 1. The number of benzene rings is 1. The second-order valence-corrected chi connectivity index (χ2v) is 9.32. The van der Waals surface area contributed by atoms with Gasteiger partial charge in [-0.15, -0.1) is 0 Å². The first-order valence-corrected chi connectivity index (χ1v) is 10.9. The molecule has 1 aliphatic carbocycles. The Morgan fingerprint density at radius 1 is 1.29 bits per heavy atom. The maximum absolute atomic E-state index is 12.1. The van der Waals surface area contributed by atoms with Crippen LogP contribution in [-0.2, 0) is 35.0 Å². The first-order chi connectivity index (χ1) is 13.3. The molecule has 3 N–H and O–H groups in total. The summed E-state index contributed by atoms with van der Waals surface area (Å²) >= 11 is 0. The quantitative estimate of drug-likeness (QED) is 0.743. The number of aromatic nitrogens is 1. The molecular formula is C20H25N3O4S. The van der Waals surface area contributed by atoms with Gasteiger partial charge in [-0.25, -0.2) is 18.5 Å². The van der Waals surface area contributed by atoms with Gasteiger partial charge in [0.05, 0.1) is 5.41 Å². The Kier molecular flexibility index (Phi) is 4.81. The topological polar surface area (TPSA) is 107 Å². The highest BCUT2D eigenvalue weighted by atomic mass is 32.2. The van der Waals surface area contributed by atoms with Crippen molar-refractivity contribution in [2.75, 3.05) is 6.54 Å². The van der Waals surface area contributed by atoms with E-state index in [4.69, 9.17) is 14.3 Å². The number of hydrogen-bond donors (Lipinski definition) is 2. The van der Waals surface area contributed by atoms with E-state index in [2.05, 4.69) is 29.4 Å². The number of rotatable bonds is 5. The standard InChI is InChI=1S/C20H25N3O4S/c1-13-16(23-19(27-13)20(2)6-3-4-7-20)12-26-17-9-15-11-22-8-5-14(15)10-18(17)28(21,24)25/h3-4,9-10,22H,5-8,11-12H2,1-2H3,(H2,21,24,25). The van der Waals surface area contributed by atoms with Gasteiger partial charge in [0.15, 0.2) is 0 Å². The lowest BCUT2D eigenvalue weighted by atomic mass is 9.88. The minimum Gasteiger partial charge on any atom is -0.486 e. The van der Waals surface area contributed by atoms with Crippen LogP contribution in [0.1, 0.15) is 48.2 Å². The number of nitrogens with zero attached hydrogens (tertiary/aromatic N) is 1. The van der Waals surface area contributed by atoms with E-state index in [0.29, 0.717) is 23.9 Å². The number of nitrogens with two attached hydrogens (primary N) is 1. The van der Waals surface area contributed by atoms with E-state index in [1.807, 2.05) is 6.92 Å². The van der Waals surface area contributed by atoms with Crippen LogP contribution in [-0.4, -0.2) is 19.9 Å². The van der Waals surface area contributed by atoms with Crippen LogP contribution in [0.2, 0.25) is 0 Å². The average Bonchev–Trinajstić information content (AvgIpc) is 3.25. The molecule has 150 valence electrons. The molecule has 0 unspecified atom stereocenters. The number of primary sulfonamides is 1. The van der Waals surface area contributed by atoms with Gasteiger partial charge in [-0.1, -0.05) is 19.1 Å². The lowest BCUT2D eigenvalue weighted by Gasteiger charge is -2.20. The SMILES string of the molecule is Cc1oc(C2(C)CC=CC2)nc1COc1cc2c(cc1S(N)(=O)=O)CCNC2. The van der Waals surface area contributed by atoms with E-state index in [9.17, 15) is 8.42 Å². The maximum atomic E-state index is 12.1. The van der Waals surface area contributed by atoms with Crippen LogP contribution in [0.15, 0.2) is 33.6 Å². The minimum absolute atomic E-state index is 0.0153. The Balaban J connectivity index is 1.61. The van der Waals surface area contributed by atoms with Crippen LogP contribution < -0.4 is 15.2 Å². The molecule has 0 atom stereocenters. The molecule has 1 aromatic carbocycles. The van der Waals surface area contributed by atoms with E-state index < -0.39 is 10.0 Å². The van der Waals surface area contributed by atoms with E-state index in [0.717, 1.165) is 36.9 Å². The van der Waals surface area contributed by atoms with Crippen molar-refractivity contribution >= 4 is 10.0 Å². The monoisotopic (exact) mass is 403 g/mol. The van der Waals surface area contributed by atoms with E-state index in [1.54, 1.807) is 12.1 Å². The normalized spacial score (nSPS) is 18.2. The van der Waals surface area contributed by atoms with Gasteiger partial charge < -0.3 is 14.5 Å². The van der Waals surface area contributed by atoms with Crippen molar-refractivity contribution < 1.29 is 17.6 Å². The van der Waals surface area contributed by atoms with Crippen LogP contribution in [0.4, 0.5) is 0 Å². The lowest BCUT2D eigenvalue weighted by molar-refractivity contribution is 0.291. The molecule has 0 spiro atoms. The fourth-order valence-corrected chi connectivity index (χ4v) is 4.44. The van der Waals surface area contributed by atoms with Crippen LogP contribution >= 0.6 is 0 Å². The summed E-state index contributed by atoms with van der Waals surface area (Å²) in [6.45, 7) is 5.57. The summed E-state index contributed by atoms with van der Waals surface area (Å²) in [5.74, 6) is 1.62. The summed E-state index contributed by atoms with van der Waals surface area (Å²) in [6, 6.07) is 3.40. The Morgan fingerprint density at radius 3 is 2.75 bits per heavy atom. The summed E-state index contributed by atoms with van der Waals surface area (Å²) in [7, 11) is -3.90. The van der Waals surface area contributed by atoms with Gasteiger partial charge in [-0.3, -0.25) is 0 Å². The van der Waals surface area contributed by atoms with Gasteiger partial charge in [-0.2, -0.15) is 0 Å². The van der Waals surface area contributed by atoms with Crippen molar-refractivity contribution in [2.24, 2.45) is 5.14 Å². The van der Waals surface area contributed by atoms with Gasteiger partial charge in [0.25, 0.3) is 0 Å². The van der Waals surface area contributed by atoms with Crippen LogP contribution in [0.5, 0.6) is 5.75 Å². The minimum atomic E-state index is -3.90. The van der Waals surface area contributed by atoms with Gasteiger partial charge in [-0.05, 0) is 56.0 Å². The molecule has 2 aliphatic rings. The van der Waals surface area contributed by atoms with Crippen molar-refractivity contribution in [3.8, 4) is 5.75 Å². The van der Waals surface area contributed by atoms with Gasteiger partial charge >= 0.3 is 0 Å². The largest absolute Gasteiger partial charge is 0.486 e. The summed E-state index contributed by atoms with van der Waals surface area (Å²) in [5.41, 5.74) is 2.54. The first kappa shape index (κ1) is 19.2. The van der Waals surface area contributed by atoms with Gasteiger partial charge in [0.2, 0.25) is 15.9 Å². The zero-order chi connectivity index (χ0) is 19.9. The third kappa shape index (κ3) is 3.59. The highest BCUT2D eigenvalue weighted by molar-refractivity contribution is 7.89. The van der Waals surface area contributed by atoms with Gasteiger partial charge in [0.1, 0.15) is 28.7 Å². The molecule has 0 saturated heterocycles. The fraction of sp³-hybridized carbons (Fsp3) is 0.450. The number of hydrogen-bond acceptors (Lipinski definition) is 6. The van der Waals surface area contributed by atoms with E-state index in [-0.39, 0.29) is 22.7 Å². The highest BCUT2D eigenvalue weighted by Crippen LogP contribution is 2.37. The Hall–Kier alpha value is -2.16. The molecule has 8 heteroatoms. The molecule has 0 bridgehead atoms. The summed E-state index contributed by atoms with van der Waals surface area (Å²) in [5, 5.41) is 8.71. The Bertz CT molecular complexity index is 1030. The number of sulfonamides is 1. The van der Waals surface area contributed by atoms with Crippen LogP contribution in [0, 0.1) is 6.92 Å². The Morgan fingerprint density at radius 2 is 2.04 bits per heavy atom. The number of aryl methyl sites for hydroxylation is 1. The summed E-state index contributed by atoms with van der Waals surface area (Å²) < 4.78 is 35.9. The van der Waals surface area contributed by atoms with E-state index >= 15 is 0 Å². The summed E-state index contributed by atoms with van der Waals surface area (Å²) in [4.78, 5) is 4.65. The number of nitrogens with one attached hydrogen (secondary N) is 1. The molecule has 2 heterocycles. The molecular weight excluding hydrogens is 378 g/mol. The number of allylic oxidation sites excluding steroid dienone is 2. The average molecular weight is 404 g/mol. The van der Waals surface area contributed by atoms with Crippen molar-refractivity contribution in [1.82, 2.24) is 10.3 Å². The lowest BCUT2D eigenvalue weighted by Crippen LogP contribution is -2.24. The Labute approximate surface area is 165 Å². The molecule has 0 saturated carbocycles. The molecule has 2 aromatic rings. The fourth-order valence-electron chi connectivity index (χ4n) is 3.73. The molecule has 1 aliphatic heterocycles. The first-order valence-electron chi connectivity index (χ1n) is 9.40. The second kappa shape index (κ2) is 7.02. The predicted octanol–water partition coefficient (Wildman–Crippen LogP) is 2.46. The summed E-state index contributed by atoms with van der Waals surface area (Å²) in [6.07, 6.45) is 6.81. The second-order valence-electron chi connectivity index (χ2n) is 7.79. The molecule has 0 radical (unpaired) electrons. The van der Waals surface area contributed by atoms with Crippen molar-refractivity contribution in [2.45, 2.75) is 56.6 Å². The highest BCUT2D eigenvalue weighted by Gasteiger charge is 2.33. The van der Waals surface area contributed by atoms with Crippen molar-refractivity contribution in [3.63, 3.8) is 0 Å². The van der Waals surface area contributed by atoms with Gasteiger partial charge in [0, 0.05) is 6.54 Å². The molecule has 0 amide bonds. The molecule has 0 fully saturated rings. The zero-order valence-electron chi connectivity index (χ0n) is 16.1. The molecule has 4 rings (SSSR count). The maximum Gasteiger partial charge on any atom is 0.241 e.